The van der Waals surface area contributed by atoms with Gasteiger partial charge in [-0.3, -0.25) is 25.0 Å². The standard InChI is InChI=1S/C24H15FIN3O6/c25-16-5-7-17(8-6-16)28-23(31)19(22(30)27-24(28)32)11-14-4-9-21(20(26)12-14)35-13-15-2-1-3-18(10-15)29(33)34/h1-12H,13H2,(H,27,30,32)/b19-11+. The Labute approximate surface area is 211 Å². The number of anilines is 1. The molecule has 1 saturated heterocycles. The maximum absolute atomic E-state index is 13.2. The van der Waals surface area contributed by atoms with Crippen molar-refractivity contribution in [3.8, 4) is 5.75 Å². The maximum Gasteiger partial charge on any atom is 0.335 e. The molecule has 3 aromatic carbocycles. The van der Waals surface area contributed by atoms with E-state index in [0.29, 0.717) is 20.4 Å². The Morgan fingerprint density at radius 1 is 1.06 bits per heavy atom. The number of carbonyl (C=O) groups excluding carboxylic acids is 3. The zero-order valence-corrected chi connectivity index (χ0v) is 19.9. The molecule has 35 heavy (non-hydrogen) atoms. The summed E-state index contributed by atoms with van der Waals surface area (Å²) in [4.78, 5) is 48.7. The summed E-state index contributed by atoms with van der Waals surface area (Å²) in [5.41, 5.74) is 0.938. The zero-order valence-electron chi connectivity index (χ0n) is 17.7. The Kier molecular flexibility index (Phi) is 6.87. The fourth-order valence-electron chi connectivity index (χ4n) is 3.29. The molecule has 1 heterocycles. The highest BCUT2D eigenvalue weighted by molar-refractivity contribution is 14.1. The summed E-state index contributed by atoms with van der Waals surface area (Å²) in [5, 5.41) is 13.0. The highest BCUT2D eigenvalue weighted by Gasteiger charge is 2.36. The average Bonchev–Trinajstić information content (AvgIpc) is 2.82. The van der Waals surface area contributed by atoms with E-state index in [1.807, 2.05) is 22.6 Å². The van der Waals surface area contributed by atoms with E-state index in [1.165, 1.54) is 30.3 Å². The molecule has 0 radical (unpaired) electrons. The van der Waals surface area contributed by atoms with Crippen molar-refractivity contribution in [2.45, 2.75) is 6.61 Å². The monoisotopic (exact) mass is 587 g/mol. The molecule has 1 aliphatic rings. The molecular weight excluding hydrogens is 572 g/mol. The van der Waals surface area contributed by atoms with Gasteiger partial charge < -0.3 is 4.74 Å². The highest BCUT2D eigenvalue weighted by Crippen LogP contribution is 2.27. The maximum atomic E-state index is 13.2. The summed E-state index contributed by atoms with van der Waals surface area (Å²) < 4.78 is 19.7. The van der Waals surface area contributed by atoms with E-state index < -0.39 is 28.6 Å². The first-order valence-electron chi connectivity index (χ1n) is 10.1. The van der Waals surface area contributed by atoms with Crippen LogP contribution in [0.25, 0.3) is 6.08 Å². The molecule has 0 saturated carbocycles. The van der Waals surface area contributed by atoms with Gasteiger partial charge in [0.15, 0.2) is 0 Å². The third-order valence-corrected chi connectivity index (χ3v) is 5.81. The number of amides is 4. The predicted octanol–water partition coefficient (Wildman–Crippen LogP) is 4.58. The van der Waals surface area contributed by atoms with E-state index in [0.717, 1.165) is 17.0 Å². The van der Waals surface area contributed by atoms with Crippen LogP contribution in [0.3, 0.4) is 0 Å². The molecule has 1 fully saturated rings. The molecule has 9 nitrogen and oxygen atoms in total. The SMILES string of the molecule is O=C1NC(=O)N(c2ccc(F)cc2)C(=O)/C1=C/c1ccc(OCc2cccc([N+](=O)[O-])c2)c(I)c1. The number of hydrogen-bond donors (Lipinski definition) is 1. The van der Waals surface area contributed by atoms with Crippen LogP contribution in [0.5, 0.6) is 5.75 Å². The van der Waals surface area contributed by atoms with Crippen molar-refractivity contribution >= 4 is 57.9 Å². The predicted molar refractivity (Wildman–Crippen MR) is 132 cm³/mol. The molecule has 1 N–H and O–H groups in total. The topological polar surface area (TPSA) is 119 Å². The summed E-state index contributed by atoms with van der Waals surface area (Å²) >= 11 is 2.02. The minimum absolute atomic E-state index is 0.0358. The van der Waals surface area contributed by atoms with Gasteiger partial charge in [0.25, 0.3) is 17.5 Å². The summed E-state index contributed by atoms with van der Waals surface area (Å²) in [5.74, 6) is -1.72. The Morgan fingerprint density at radius 3 is 2.49 bits per heavy atom. The Morgan fingerprint density at radius 2 is 1.80 bits per heavy atom. The van der Waals surface area contributed by atoms with E-state index in [1.54, 1.807) is 30.3 Å². The number of nitrogens with zero attached hydrogens (tertiary/aromatic N) is 2. The van der Waals surface area contributed by atoms with Crippen LogP contribution in [0.4, 0.5) is 20.6 Å². The molecule has 3 aromatic rings. The largest absolute Gasteiger partial charge is 0.488 e. The lowest BCUT2D eigenvalue weighted by Gasteiger charge is -2.26. The lowest BCUT2D eigenvalue weighted by atomic mass is 10.1. The van der Waals surface area contributed by atoms with Crippen LogP contribution in [-0.2, 0) is 16.2 Å². The van der Waals surface area contributed by atoms with Crippen molar-refractivity contribution < 1.29 is 28.4 Å². The van der Waals surface area contributed by atoms with Crippen LogP contribution in [0.1, 0.15) is 11.1 Å². The number of nitrogens with one attached hydrogen (secondary N) is 1. The number of non-ortho nitro benzene ring substituents is 1. The molecule has 4 rings (SSSR count). The molecule has 176 valence electrons. The minimum Gasteiger partial charge on any atom is -0.488 e. The molecule has 0 bridgehead atoms. The van der Waals surface area contributed by atoms with Crippen LogP contribution in [0.2, 0.25) is 0 Å². The van der Waals surface area contributed by atoms with Crippen molar-refractivity contribution in [1.82, 2.24) is 5.32 Å². The summed E-state index contributed by atoms with van der Waals surface area (Å²) in [7, 11) is 0. The first kappa shape index (κ1) is 24.0. The van der Waals surface area contributed by atoms with Gasteiger partial charge in [0.05, 0.1) is 14.2 Å². The van der Waals surface area contributed by atoms with Crippen molar-refractivity contribution in [2.24, 2.45) is 0 Å². The third kappa shape index (κ3) is 5.35. The van der Waals surface area contributed by atoms with Gasteiger partial charge in [-0.15, -0.1) is 0 Å². The van der Waals surface area contributed by atoms with Gasteiger partial charge in [0.1, 0.15) is 23.7 Å². The minimum atomic E-state index is -0.928. The zero-order chi connectivity index (χ0) is 25.1. The average molecular weight is 587 g/mol. The molecule has 0 atom stereocenters. The highest BCUT2D eigenvalue weighted by atomic mass is 127. The Balaban J connectivity index is 1.54. The number of urea groups is 1. The van der Waals surface area contributed by atoms with Gasteiger partial charge in [-0.2, -0.15) is 0 Å². The quantitative estimate of drug-likeness (QED) is 0.148. The van der Waals surface area contributed by atoms with Crippen LogP contribution in [-0.4, -0.2) is 22.8 Å². The second-order valence-corrected chi connectivity index (χ2v) is 8.50. The molecule has 0 spiro atoms. The van der Waals surface area contributed by atoms with Gasteiger partial charge in [0.2, 0.25) is 0 Å². The molecule has 1 aliphatic heterocycles. The van der Waals surface area contributed by atoms with Gasteiger partial charge >= 0.3 is 6.03 Å². The van der Waals surface area contributed by atoms with Crippen molar-refractivity contribution in [2.75, 3.05) is 4.90 Å². The lowest BCUT2D eigenvalue weighted by Crippen LogP contribution is -2.54. The number of hydrogen-bond acceptors (Lipinski definition) is 6. The van der Waals surface area contributed by atoms with Crippen LogP contribution in [0.15, 0.2) is 72.3 Å². The molecule has 0 aliphatic carbocycles. The molecule has 0 aromatic heterocycles. The first-order chi connectivity index (χ1) is 16.7. The number of rotatable bonds is 6. The third-order valence-electron chi connectivity index (χ3n) is 4.97. The van der Waals surface area contributed by atoms with Gasteiger partial charge in [-0.25, -0.2) is 14.1 Å². The molecular formula is C24H15FIN3O6. The van der Waals surface area contributed by atoms with Crippen LogP contribution in [0, 0.1) is 19.5 Å². The Bertz CT molecular complexity index is 1390. The van der Waals surface area contributed by atoms with E-state index in [2.05, 4.69) is 5.32 Å². The second kappa shape index (κ2) is 10.0. The summed E-state index contributed by atoms with van der Waals surface area (Å²) in [6, 6.07) is 14.8. The first-order valence-corrected chi connectivity index (χ1v) is 11.1. The fourth-order valence-corrected chi connectivity index (χ4v) is 3.99. The fraction of sp³-hybridized carbons (Fsp3) is 0.0417. The van der Waals surface area contributed by atoms with Gasteiger partial charge in [0, 0.05) is 12.1 Å². The number of barbiturate groups is 1. The number of ether oxygens (including phenoxy) is 1. The number of carbonyl (C=O) groups is 3. The lowest BCUT2D eigenvalue weighted by molar-refractivity contribution is -0.384. The Hall–Kier alpha value is -4.13. The van der Waals surface area contributed by atoms with E-state index in [4.69, 9.17) is 4.74 Å². The molecule has 11 heteroatoms. The second-order valence-electron chi connectivity index (χ2n) is 7.34. The summed E-state index contributed by atoms with van der Waals surface area (Å²) in [6.45, 7) is 0.105. The number of imide groups is 2. The number of nitro benzene ring substituents is 1. The van der Waals surface area contributed by atoms with Gasteiger partial charge in [-0.05, 0) is 76.2 Å². The van der Waals surface area contributed by atoms with Crippen molar-refractivity contribution in [3.63, 3.8) is 0 Å². The molecule has 4 amide bonds. The molecule has 0 unspecified atom stereocenters. The smallest absolute Gasteiger partial charge is 0.335 e. The summed E-state index contributed by atoms with van der Waals surface area (Å²) in [6.07, 6.45) is 1.34. The van der Waals surface area contributed by atoms with Crippen LogP contribution >= 0.6 is 22.6 Å². The van der Waals surface area contributed by atoms with E-state index >= 15 is 0 Å². The number of halogens is 2. The number of benzene rings is 3. The normalized spacial score (nSPS) is 14.7. The van der Waals surface area contributed by atoms with Gasteiger partial charge in [-0.1, -0.05) is 18.2 Å². The van der Waals surface area contributed by atoms with E-state index in [-0.39, 0.29) is 23.6 Å². The van der Waals surface area contributed by atoms with E-state index in [9.17, 15) is 28.9 Å². The number of nitro groups is 1. The van der Waals surface area contributed by atoms with Crippen molar-refractivity contribution in [3.05, 3.63) is 103 Å². The van der Waals surface area contributed by atoms with Crippen LogP contribution < -0.4 is 15.0 Å². The van der Waals surface area contributed by atoms with Crippen molar-refractivity contribution in [1.29, 1.82) is 0 Å².